The SMILES string of the molecule is O=C1CSC2(C(=O)Nc3ccccc32)N1NC(=S)NNC(c1ccc(Cl)cc1)c1c(O)ccc2ccccc12. The van der Waals surface area contributed by atoms with Gasteiger partial charge < -0.3 is 10.4 Å². The zero-order valence-electron chi connectivity index (χ0n) is 20.3. The number of amides is 2. The zero-order chi connectivity index (χ0) is 27.1. The van der Waals surface area contributed by atoms with E-state index in [0.29, 0.717) is 21.8 Å². The van der Waals surface area contributed by atoms with Crippen molar-refractivity contribution < 1.29 is 14.7 Å². The Kier molecular flexibility index (Phi) is 6.56. The highest BCUT2D eigenvalue weighted by Gasteiger charge is 2.58. The van der Waals surface area contributed by atoms with Crippen molar-refractivity contribution in [3.63, 3.8) is 0 Å². The molecule has 4 aromatic carbocycles. The van der Waals surface area contributed by atoms with E-state index >= 15 is 0 Å². The van der Waals surface area contributed by atoms with E-state index in [9.17, 15) is 14.7 Å². The maximum Gasteiger partial charge on any atom is 0.267 e. The number of nitrogens with one attached hydrogen (secondary N) is 4. The summed E-state index contributed by atoms with van der Waals surface area (Å²) in [5, 5.41) is 17.6. The number of nitrogens with zero attached hydrogens (tertiary/aromatic N) is 1. The number of halogens is 1. The molecule has 11 heteroatoms. The van der Waals surface area contributed by atoms with E-state index in [-0.39, 0.29) is 28.4 Å². The fourth-order valence-electron chi connectivity index (χ4n) is 5.03. The molecule has 0 radical (unpaired) electrons. The number of thiocarbonyl (C=S) groups is 1. The molecule has 0 aromatic heterocycles. The number of phenols is 1. The van der Waals surface area contributed by atoms with Crippen molar-refractivity contribution in [2.45, 2.75) is 10.9 Å². The van der Waals surface area contributed by atoms with Crippen LogP contribution in [0, 0.1) is 0 Å². The van der Waals surface area contributed by atoms with Crippen LogP contribution in [-0.2, 0) is 14.5 Å². The number of para-hydroxylation sites is 1. The van der Waals surface area contributed by atoms with E-state index in [0.717, 1.165) is 16.3 Å². The Morgan fingerprint density at radius 2 is 1.77 bits per heavy atom. The van der Waals surface area contributed by atoms with Crippen molar-refractivity contribution in [1.82, 2.24) is 21.3 Å². The van der Waals surface area contributed by atoms with Crippen LogP contribution in [0.4, 0.5) is 5.69 Å². The molecule has 6 rings (SSSR count). The molecule has 1 spiro atoms. The summed E-state index contributed by atoms with van der Waals surface area (Å²) in [5.41, 5.74) is 11.9. The highest BCUT2D eigenvalue weighted by Crippen LogP contribution is 2.51. The molecular weight excluding hydrogens is 554 g/mol. The Hall–Kier alpha value is -3.83. The second kappa shape index (κ2) is 10.0. The third-order valence-corrected chi connectivity index (χ3v) is 8.64. The maximum absolute atomic E-state index is 13.1. The van der Waals surface area contributed by atoms with Crippen LogP contribution in [0.3, 0.4) is 0 Å². The molecule has 0 bridgehead atoms. The molecule has 2 aliphatic heterocycles. The minimum atomic E-state index is -1.27. The minimum absolute atomic E-state index is 0.0705. The van der Waals surface area contributed by atoms with Gasteiger partial charge in [-0.3, -0.25) is 20.4 Å². The van der Waals surface area contributed by atoms with E-state index in [1.807, 2.05) is 60.7 Å². The molecule has 1 saturated heterocycles. The lowest BCUT2D eigenvalue weighted by Crippen LogP contribution is -2.59. The van der Waals surface area contributed by atoms with Crippen LogP contribution >= 0.6 is 35.6 Å². The molecule has 8 nitrogen and oxygen atoms in total. The number of rotatable bonds is 5. The molecule has 2 amide bonds. The highest BCUT2D eigenvalue weighted by atomic mass is 35.5. The molecule has 196 valence electrons. The molecular formula is C28H22ClN5O3S2. The van der Waals surface area contributed by atoms with Crippen LogP contribution in [0.1, 0.15) is 22.7 Å². The number of hydrogen-bond donors (Lipinski definition) is 5. The normalized spacial score (nSPS) is 18.7. The minimum Gasteiger partial charge on any atom is -0.508 e. The van der Waals surface area contributed by atoms with Crippen molar-refractivity contribution in [1.29, 1.82) is 0 Å². The second-order valence-corrected chi connectivity index (χ2v) is 11.1. The predicted molar refractivity (Wildman–Crippen MR) is 157 cm³/mol. The van der Waals surface area contributed by atoms with E-state index in [1.54, 1.807) is 24.3 Å². The molecule has 4 aromatic rings. The molecule has 5 N–H and O–H groups in total. The second-order valence-electron chi connectivity index (χ2n) is 9.08. The van der Waals surface area contributed by atoms with Crippen LogP contribution in [0.25, 0.3) is 10.8 Å². The zero-order valence-corrected chi connectivity index (χ0v) is 22.7. The van der Waals surface area contributed by atoms with Crippen molar-refractivity contribution in [2.75, 3.05) is 11.1 Å². The number of carbonyl (C=O) groups excluding carboxylic acids is 2. The number of carbonyl (C=O) groups is 2. The Morgan fingerprint density at radius 3 is 2.59 bits per heavy atom. The quantitative estimate of drug-likeness (QED) is 0.174. The van der Waals surface area contributed by atoms with E-state index in [4.69, 9.17) is 23.8 Å². The number of hydrazine groups is 2. The smallest absolute Gasteiger partial charge is 0.267 e. The molecule has 2 aliphatic rings. The Morgan fingerprint density at radius 1 is 1.03 bits per heavy atom. The average Bonchev–Trinajstić information content (AvgIpc) is 3.42. The van der Waals surface area contributed by atoms with Crippen LogP contribution in [0.2, 0.25) is 5.02 Å². The Labute approximate surface area is 238 Å². The lowest BCUT2D eigenvalue weighted by Gasteiger charge is -2.33. The maximum atomic E-state index is 13.1. The van der Waals surface area contributed by atoms with Gasteiger partial charge in [0.15, 0.2) is 5.11 Å². The van der Waals surface area contributed by atoms with Gasteiger partial charge in [-0.2, -0.15) is 0 Å². The largest absolute Gasteiger partial charge is 0.508 e. The summed E-state index contributed by atoms with van der Waals surface area (Å²) in [7, 11) is 0. The first-order chi connectivity index (χ1) is 18.9. The van der Waals surface area contributed by atoms with Crippen LogP contribution < -0.4 is 21.6 Å². The van der Waals surface area contributed by atoms with Gasteiger partial charge in [-0.15, -0.1) is 11.8 Å². The molecule has 2 atom stereocenters. The van der Waals surface area contributed by atoms with Gasteiger partial charge in [0.1, 0.15) is 5.75 Å². The topological polar surface area (TPSA) is 106 Å². The number of anilines is 1. The van der Waals surface area contributed by atoms with E-state index in [2.05, 4.69) is 21.6 Å². The predicted octanol–water partition coefficient (Wildman–Crippen LogP) is 4.55. The third kappa shape index (κ3) is 4.35. The Balaban J connectivity index is 1.30. The monoisotopic (exact) mass is 575 g/mol. The average molecular weight is 576 g/mol. The first-order valence-corrected chi connectivity index (χ1v) is 13.8. The number of thioether (sulfide) groups is 1. The fourth-order valence-corrected chi connectivity index (χ4v) is 6.56. The number of benzene rings is 4. The van der Waals surface area contributed by atoms with Crippen molar-refractivity contribution in [3.05, 3.63) is 107 Å². The van der Waals surface area contributed by atoms with Gasteiger partial charge in [-0.05, 0) is 52.8 Å². The van der Waals surface area contributed by atoms with Gasteiger partial charge in [-0.25, -0.2) is 10.4 Å². The van der Waals surface area contributed by atoms with Gasteiger partial charge in [0.25, 0.3) is 11.8 Å². The van der Waals surface area contributed by atoms with Gasteiger partial charge in [0.05, 0.1) is 11.8 Å². The van der Waals surface area contributed by atoms with Crippen LogP contribution in [0.15, 0.2) is 84.9 Å². The summed E-state index contributed by atoms with van der Waals surface area (Å²) in [6.07, 6.45) is 0. The fraction of sp³-hybridized carbons (Fsp3) is 0.107. The molecule has 2 heterocycles. The summed E-state index contributed by atoms with van der Waals surface area (Å²) >= 11 is 12.9. The number of hydrogen-bond acceptors (Lipinski definition) is 6. The molecule has 39 heavy (non-hydrogen) atoms. The number of phenolic OH excluding ortho intramolecular Hbond substituents is 1. The first kappa shape index (κ1) is 25.4. The lowest BCUT2D eigenvalue weighted by molar-refractivity contribution is -0.138. The summed E-state index contributed by atoms with van der Waals surface area (Å²) in [5.74, 6) is -0.382. The lowest BCUT2D eigenvalue weighted by atomic mass is 9.93. The first-order valence-electron chi connectivity index (χ1n) is 12.0. The number of fused-ring (bicyclic) bond motifs is 3. The van der Waals surface area contributed by atoms with Gasteiger partial charge in [0.2, 0.25) is 4.87 Å². The van der Waals surface area contributed by atoms with Crippen molar-refractivity contribution in [3.8, 4) is 5.75 Å². The standard InChI is InChI=1S/C28H22ClN5O3S2/c29-18-12-9-17(10-13-18)25(24-19-6-2-1-5-16(19)11-14-22(24)35)31-32-27(38)33-34-23(36)15-39-28(34)20-7-3-4-8-21(20)30-26(28)37/h1-14,25,31,35H,15H2,(H,30,37)(H2,32,33,38). The van der Waals surface area contributed by atoms with Gasteiger partial charge >= 0.3 is 0 Å². The summed E-state index contributed by atoms with van der Waals surface area (Å²) in [6.45, 7) is 0. The van der Waals surface area contributed by atoms with Gasteiger partial charge in [0, 0.05) is 21.8 Å². The van der Waals surface area contributed by atoms with Crippen molar-refractivity contribution >= 4 is 69.0 Å². The van der Waals surface area contributed by atoms with E-state index in [1.165, 1.54) is 16.8 Å². The van der Waals surface area contributed by atoms with Crippen molar-refractivity contribution in [2.24, 2.45) is 0 Å². The highest BCUT2D eigenvalue weighted by molar-refractivity contribution is 8.02. The van der Waals surface area contributed by atoms with Crippen LogP contribution in [0.5, 0.6) is 5.75 Å². The molecule has 0 saturated carbocycles. The third-order valence-electron chi connectivity index (χ3n) is 6.80. The molecule has 0 aliphatic carbocycles. The molecule has 1 fully saturated rings. The number of aromatic hydroxyl groups is 1. The molecule has 2 unspecified atom stereocenters. The summed E-state index contributed by atoms with van der Waals surface area (Å²) < 4.78 is 0. The van der Waals surface area contributed by atoms with E-state index < -0.39 is 10.9 Å². The summed E-state index contributed by atoms with van der Waals surface area (Å²) in [6, 6.07) is 25.2. The van der Waals surface area contributed by atoms with Gasteiger partial charge in [-0.1, -0.05) is 72.3 Å². The Bertz CT molecular complexity index is 1630. The summed E-state index contributed by atoms with van der Waals surface area (Å²) in [4.78, 5) is 24.8. The van der Waals surface area contributed by atoms with Crippen LogP contribution in [-0.4, -0.2) is 32.8 Å².